The number of rotatable bonds is 4. The molecule has 3 rings (SSSR count). The Bertz CT molecular complexity index is 440. The monoisotopic (exact) mass is 279 g/mol. The Labute approximate surface area is 120 Å². The topological polar surface area (TPSA) is 60.2 Å². The first-order chi connectivity index (χ1) is 9.73. The highest BCUT2D eigenvalue weighted by atomic mass is 16.5. The molecule has 5 nitrogen and oxygen atoms in total. The van der Waals surface area contributed by atoms with E-state index in [0.717, 1.165) is 37.5 Å². The van der Waals surface area contributed by atoms with E-state index >= 15 is 0 Å². The van der Waals surface area contributed by atoms with Crippen molar-refractivity contribution < 1.29 is 9.26 Å². The van der Waals surface area contributed by atoms with Gasteiger partial charge in [-0.1, -0.05) is 12.1 Å². The molecule has 5 heteroatoms. The summed E-state index contributed by atoms with van der Waals surface area (Å²) in [7, 11) is 0. The van der Waals surface area contributed by atoms with E-state index in [1.165, 1.54) is 19.3 Å². The van der Waals surface area contributed by atoms with Gasteiger partial charge >= 0.3 is 0 Å². The zero-order chi connectivity index (χ0) is 14.0. The fourth-order valence-electron chi connectivity index (χ4n) is 3.51. The summed E-state index contributed by atoms with van der Waals surface area (Å²) < 4.78 is 11.5. The van der Waals surface area contributed by atoms with Crippen molar-refractivity contribution in [2.24, 2.45) is 5.92 Å². The quantitative estimate of drug-likeness (QED) is 0.918. The average Bonchev–Trinajstić information content (AvgIpc) is 3.08. The normalized spacial score (nSPS) is 29.7. The molecule has 20 heavy (non-hydrogen) atoms. The van der Waals surface area contributed by atoms with Gasteiger partial charge in [0.2, 0.25) is 11.7 Å². The fourth-order valence-corrected chi connectivity index (χ4v) is 3.51. The second-order valence-electron chi connectivity index (χ2n) is 6.23. The van der Waals surface area contributed by atoms with Crippen molar-refractivity contribution in [2.75, 3.05) is 13.2 Å². The van der Waals surface area contributed by atoms with Gasteiger partial charge in [-0.15, -0.1) is 0 Å². The minimum atomic E-state index is -0.295. The smallest absolute Gasteiger partial charge is 0.243 e. The van der Waals surface area contributed by atoms with Gasteiger partial charge in [-0.2, -0.15) is 4.98 Å². The third-order valence-corrected chi connectivity index (χ3v) is 4.65. The van der Waals surface area contributed by atoms with E-state index in [-0.39, 0.29) is 11.6 Å². The molecule has 0 bridgehead atoms. The highest BCUT2D eigenvalue weighted by Crippen LogP contribution is 2.41. The molecular formula is C15H25N3O2. The maximum Gasteiger partial charge on any atom is 0.243 e. The van der Waals surface area contributed by atoms with Crippen LogP contribution >= 0.6 is 0 Å². The van der Waals surface area contributed by atoms with E-state index in [4.69, 9.17) is 9.26 Å². The maximum atomic E-state index is 5.99. The highest BCUT2D eigenvalue weighted by molar-refractivity contribution is 5.06. The van der Waals surface area contributed by atoms with Gasteiger partial charge in [0, 0.05) is 6.61 Å². The second-order valence-corrected chi connectivity index (χ2v) is 6.23. The van der Waals surface area contributed by atoms with Crippen LogP contribution in [0.3, 0.4) is 0 Å². The van der Waals surface area contributed by atoms with Crippen LogP contribution in [0.5, 0.6) is 0 Å². The summed E-state index contributed by atoms with van der Waals surface area (Å²) >= 11 is 0. The van der Waals surface area contributed by atoms with Gasteiger partial charge in [-0.3, -0.25) is 0 Å². The fraction of sp³-hybridized carbons (Fsp3) is 0.867. The van der Waals surface area contributed by atoms with Crippen molar-refractivity contribution in [3.8, 4) is 0 Å². The SMILES string of the molecule is CCOC1(c2noc(C3CC(C)CCN3)n2)CCCC1. The molecular weight excluding hydrogens is 254 g/mol. The number of nitrogens with zero attached hydrogens (tertiary/aromatic N) is 2. The van der Waals surface area contributed by atoms with E-state index in [2.05, 4.69) is 22.4 Å². The Hall–Kier alpha value is -0.940. The number of hydrogen-bond donors (Lipinski definition) is 1. The summed E-state index contributed by atoms with van der Waals surface area (Å²) in [5.41, 5.74) is -0.295. The Morgan fingerprint density at radius 1 is 1.40 bits per heavy atom. The summed E-state index contributed by atoms with van der Waals surface area (Å²) in [5, 5.41) is 7.72. The number of hydrogen-bond acceptors (Lipinski definition) is 5. The molecule has 0 spiro atoms. The predicted octanol–water partition coefficient (Wildman–Crippen LogP) is 2.94. The van der Waals surface area contributed by atoms with Crippen molar-refractivity contribution in [1.29, 1.82) is 0 Å². The molecule has 1 saturated heterocycles. The van der Waals surface area contributed by atoms with Crippen LogP contribution in [0, 0.1) is 5.92 Å². The van der Waals surface area contributed by atoms with Crippen LogP contribution in [0.1, 0.15) is 70.1 Å². The summed E-state index contributed by atoms with van der Waals surface area (Å²) in [6.45, 7) is 6.04. The first-order valence-electron chi connectivity index (χ1n) is 7.95. The van der Waals surface area contributed by atoms with Crippen LogP contribution in [-0.2, 0) is 10.3 Å². The van der Waals surface area contributed by atoms with Gasteiger partial charge < -0.3 is 14.6 Å². The third kappa shape index (κ3) is 2.61. The standard InChI is InChI=1S/C15H25N3O2/c1-3-19-15(7-4-5-8-15)14-17-13(20-18-14)12-10-11(2)6-9-16-12/h11-12,16H,3-10H2,1-2H3. The third-order valence-electron chi connectivity index (χ3n) is 4.65. The molecule has 0 aromatic carbocycles. The second kappa shape index (κ2) is 5.82. The minimum absolute atomic E-state index is 0.208. The predicted molar refractivity (Wildman–Crippen MR) is 75.2 cm³/mol. The lowest BCUT2D eigenvalue weighted by atomic mass is 9.94. The van der Waals surface area contributed by atoms with Crippen molar-refractivity contribution >= 4 is 0 Å². The molecule has 1 aliphatic heterocycles. The van der Waals surface area contributed by atoms with E-state index in [0.29, 0.717) is 12.5 Å². The zero-order valence-corrected chi connectivity index (χ0v) is 12.5. The lowest BCUT2D eigenvalue weighted by Gasteiger charge is -2.26. The molecule has 2 aliphatic rings. The minimum Gasteiger partial charge on any atom is -0.367 e. The number of piperidine rings is 1. The molecule has 1 saturated carbocycles. The number of nitrogens with one attached hydrogen (secondary N) is 1. The Morgan fingerprint density at radius 3 is 2.90 bits per heavy atom. The molecule has 1 aromatic rings. The molecule has 2 atom stereocenters. The first-order valence-corrected chi connectivity index (χ1v) is 7.95. The molecule has 1 aromatic heterocycles. The molecule has 2 heterocycles. The van der Waals surface area contributed by atoms with Crippen LogP contribution in [0.4, 0.5) is 0 Å². The van der Waals surface area contributed by atoms with Gasteiger partial charge in [0.05, 0.1) is 6.04 Å². The number of ether oxygens (including phenoxy) is 1. The van der Waals surface area contributed by atoms with Crippen LogP contribution in [0.25, 0.3) is 0 Å². The lowest BCUT2D eigenvalue weighted by molar-refractivity contribution is -0.0469. The van der Waals surface area contributed by atoms with E-state index < -0.39 is 0 Å². The van der Waals surface area contributed by atoms with Crippen molar-refractivity contribution in [2.45, 2.75) is 64.0 Å². The molecule has 112 valence electrons. The van der Waals surface area contributed by atoms with E-state index in [1.807, 2.05) is 6.92 Å². The van der Waals surface area contributed by atoms with Gasteiger partial charge in [0.25, 0.3) is 0 Å². The van der Waals surface area contributed by atoms with Crippen molar-refractivity contribution in [3.63, 3.8) is 0 Å². The summed E-state index contributed by atoms with van der Waals surface area (Å²) in [6, 6.07) is 0.208. The van der Waals surface area contributed by atoms with Crippen LogP contribution < -0.4 is 5.32 Å². The average molecular weight is 279 g/mol. The van der Waals surface area contributed by atoms with Crippen LogP contribution in [-0.4, -0.2) is 23.3 Å². The largest absolute Gasteiger partial charge is 0.367 e. The van der Waals surface area contributed by atoms with E-state index in [1.54, 1.807) is 0 Å². The first kappa shape index (κ1) is 14.0. The van der Waals surface area contributed by atoms with Gasteiger partial charge in [-0.25, -0.2) is 0 Å². The van der Waals surface area contributed by atoms with Crippen LogP contribution in [0.2, 0.25) is 0 Å². The van der Waals surface area contributed by atoms with Crippen molar-refractivity contribution in [1.82, 2.24) is 15.5 Å². The zero-order valence-electron chi connectivity index (χ0n) is 12.5. The van der Waals surface area contributed by atoms with Gasteiger partial charge in [0.1, 0.15) is 5.60 Å². The van der Waals surface area contributed by atoms with Gasteiger partial charge in [0.15, 0.2) is 0 Å². The van der Waals surface area contributed by atoms with E-state index in [9.17, 15) is 0 Å². The van der Waals surface area contributed by atoms with Crippen molar-refractivity contribution in [3.05, 3.63) is 11.7 Å². The molecule has 0 radical (unpaired) electrons. The Morgan fingerprint density at radius 2 is 2.20 bits per heavy atom. The Kier molecular flexibility index (Phi) is 4.08. The maximum absolute atomic E-state index is 5.99. The number of aromatic nitrogens is 2. The Balaban J connectivity index is 1.78. The highest BCUT2D eigenvalue weighted by Gasteiger charge is 2.41. The summed E-state index contributed by atoms with van der Waals surface area (Å²) in [6.07, 6.45) is 6.68. The molecule has 2 unspecified atom stereocenters. The molecule has 2 fully saturated rings. The molecule has 1 aliphatic carbocycles. The van der Waals surface area contributed by atoms with Crippen LogP contribution in [0.15, 0.2) is 4.52 Å². The van der Waals surface area contributed by atoms with Gasteiger partial charge in [-0.05, 0) is 57.9 Å². The molecule has 1 N–H and O–H groups in total. The molecule has 0 amide bonds. The summed E-state index contributed by atoms with van der Waals surface area (Å²) in [5.74, 6) is 2.20. The lowest BCUT2D eigenvalue weighted by Crippen LogP contribution is -2.31. The summed E-state index contributed by atoms with van der Waals surface area (Å²) in [4.78, 5) is 4.68.